The van der Waals surface area contributed by atoms with Crippen LogP contribution in [0.25, 0.3) is 0 Å². The molecule has 0 aliphatic carbocycles. The van der Waals surface area contributed by atoms with E-state index in [1.54, 1.807) is 37.4 Å². The number of hydrogen-bond acceptors (Lipinski definition) is 5. The average Bonchev–Trinajstić information content (AvgIpc) is 2.64. The lowest BCUT2D eigenvalue weighted by Gasteiger charge is -2.15. The van der Waals surface area contributed by atoms with Crippen LogP contribution in [0.5, 0.6) is 23.0 Å². The maximum atomic E-state index is 12.7. The molecule has 0 atom stereocenters. The summed E-state index contributed by atoms with van der Waals surface area (Å²) >= 11 is 2.14. The minimum absolute atomic E-state index is 0.268. The van der Waals surface area contributed by atoms with Crippen molar-refractivity contribution in [2.75, 3.05) is 32.8 Å². The molecular weight excluding hydrogens is 449 g/mol. The van der Waals surface area contributed by atoms with E-state index in [1.807, 2.05) is 13.8 Å². The van der Waals surface area contributed by atoms with Crippen molar-refractivity contribution in [2.24, 2.45) is 0 Å². The summed E-state index contributed by atoms with van der Waals surface area (Å²) in [6.07, 6.45) is 0. The van der Waals surface area contributed by atoms with Crippen LogP contribution in [0.15, 0.2) is 30.3 Å². The summed E-state index contributed by atoms with van der Waals surface area (Å²) in [7, 11) is 3.11. The standard InChI is InChI=1S/C19H22INO5/c1-5-25-17-10-12(9-14(20)18(17)26-6-2)19(22)21-15-8-7-13(23-3)11-16(15)24-4/h7-11H,5-6H2,1-4H3,(H,21,22). The van der Waals surface area contributed by atoms with E-state index in [-0.39, 0.29) is 5.91 Å². The smallest absolute Gasteiger partial charge is 0.255 e. The van der Waals surface area contributed by atoms with Crippen molar-refractivity contribution in [2.45, 2.75) is 13.8 Å². The zero-order valence-corrected chi connectivity index (χ0v) is 17.4. The fraction of sp³-hybridized carbons (Fsp3) is 0.316. The Bertz CT molecular complexity index is 779. The molecule has 1 amide bonds. The SMILES string of the molecule is CCOc1cc(C(=O)Nc2ccc(OC)cc2OC)cc(I)c1OCC. The Morgan fingerprint density at radius 2 is 1.73 bits per heavy atom. The molecule has 0 bridgehead atoms. The van der Waals surface area contributed by atoms with Gasteiger partial charge in [0.25, 0.3) is 5.91 Å². The molecule has 7 heteroatoms. The summed E-state index contributed by atoms with van der Waals surface area (Å²) in [5.41, 5.74) is 1.03. The van der Waals surface area contributed by atoms with Crippen molar-refractivity contribution < 1.29 is 23.7 Å². The van der Waals surface area contributed by atoms with Gasteiger partial charge in [0, 0.05) is 11.6 Å². The molecule has 0 saturated heterocycles. The largest absolute Gasteiger partial charge is 0.497 e. The van der Waals surface area contributed by atoms with Crippen LogP contribution < -0.4 is 24.3 Å². The van der Waals surface area contributed by atoms with Gasteiger partial charge >= 0.3 is 0 Å². The molecule has 140 valence electrons. The van der Waals surface area contributed by atoms with Crippen LogP contribution in [0.3, 0.4) is 0 Å². The van der Waals surface area contributed by atoms with E-state index in [9.17, 15) is 4.79 Å². The summed E-state index contributed by atoms with van der Waals surface area (Å²) in [4.78, 5) is 12.7. The zero-order chi connectivity index (χ0) is 19.1. The van der Waals surface area contributed by atoms with Crippen molar-refractivity contribution in [1.82, 2.24) is 0 Å². The fourth-order valence-electron chi connectivity index (χ4n) is 2.34. The highest BCUT2D eigenvalue weighted by Gasteiger charge is 2.17. The molecule has 1 N–H and O–H groups in total. The molecule has 2 rings (SSSR count). The molecule has 0 fully saturated rings. The number of anilines is 1. The van der Waals surface area contributed by atoms with Gasteiger partial charge in [-0.3, -0.25) is 4.79 Å². The second-order valence-corrected chi connectivity index (χ2v) is 6.33. The summed E-state index contributed by atoms with van der Waals surface area (Å²) in [6.45, 7) is 4.79. The van der Waals surface area contributed by atoms with Crippen molar-refractivity contribution in [3.63, 3.8) is 0 Å². The van der Waals surface area contributed by atoms with Crippen LogP contribution in [0, 0.1) is 3.57 Å². The molecule has 2 aromatic rings. The van der Waals surface area contributed by atoms with Crippen molar-refractivity contribution in [1.29, 1.82) is 0 Å². The lowest BCUT2D eigenvalue weighted by molar-refractivity contribution is 0.102. The van der Waals surface area contributed by atoms with Gasteiger partial charge in [0.05, 0.1) is 36.7 Å². The number of methoxy groups -OCH3 is 2. The monoisotopic (exact) mass is 471 g/mol. The quantitative estimate of drug-likeness (QED) is 0.580. The van der Waals surface area contributed by atoms with E-state index >= 15 is 0 Å². The van der Waals surface area contributed by atoms with Gasteiger partial charge in [-0.1, -0.05) is 0 Å². The van der Waals surface area contributed by atoms with E-state index in [0.29, 0.717) is 47.5 Å². The van der Waals surface area contributed by atoms with E-state index in [4.69, 9.17) is 18.9 Å². The third kappa shape index (κ3) is 4.72. The van der Waals surface area contributed by atoms with Gasteiger partial charge in [0.15, 0.2) is 11.5 Å². The number of rotatable bonds is 8. The highest BCUT2D eigenvalue weighted by molar-refractivity contribution is 14.1. The topological polar surface area (TPSA) is 66.0 Å². The summed E-state index contributed by atoms with van der Waals surface area (Å²) in [5, 5.41) is 2.86. The maximum absolute atomic E-state index is 12.7. The van der Waals surface area contributed by atoms with Crippen LogP contribution >= 0.6 is 22.6 Å². The lowest BCUT2D eigenvalue weighted by atomic mass is 10.1. The van der Waals surface area contributed by atoms with Gasteiger partial charge in [-0.15, -0.1) is 0 Å². The van der Waals surface area contributed by atoms with Crippen LogP contribution in [0.2, 0.25) is 0 Å². The Labute approximate surface area is 166 Å². The summed E-state index contributed by atoms with van der Waals surface area (Å²) < 4.78 is 22.6. The Balaban J connectivity index is 2.32. The second-order valence-electron chi connectivity index (χ2n) is 5.17. The van der Waals surface area contributed by atoms with E-state index in [1.165, 1.54) is 7.11 Å². The predicted octanol–water partition coefficient (Wildman–Crippen LogP) is 4.36. The number of amides is 1. The van der Waals surface area contributed by atoms with Crippen molar-refractivity contribution >= 4 is 34.2 Å². The van der Waals surface area contributed by atoms with Crippen molar-refractivity contribution in [3.05, 3.63) is 39.5 Å². The molecule has 0 heterocycles. The normalized spacial score (nSPS) is 10.2. The molecule has 0 unspecified atom stereocenters. The molecule has 26 heavy (non-hydrogen) atoms. The Kier molecular flexibility index (Phi) is 7.38. The molecular formula is C19H22INO5. The molecule has 0 radical (unpaired) electrons. The number of carbonyl (C=O) groups excluding carboxylic acids is 1. The van der Waals surface area contributed by atoms with Gasteiger partial charge in [0.2, 0.25) is 0 Å². The third-order valence-electron chi connectivity index (χ3n) is 3.52. The molecule has 0 aliphatic heterocycles. The van der Waals surface area contributed by atoms with Gasteiger partial charge in [-0.2, -0.15) is 0 Å². The van der Waals surface area contributed by atoms with Gasteiger partial charge in [-0.25, -0.2) is 0 Å². The molecule has 0 saturated carbocycles. The highest BCUT2D eigenvalue weighted by atomic mass is 127. The Hall–Kier alpha value is -2.16. The van der Waals surface area contributed by atoms with Gasteiger partial charge < -0.3 is 24.3 Å². The minimum atomic E-state index is -0.268. The fourth-order valence-corrected chi connectivity index (χ4v) is 3.10. The third-order valence-corrected chi connectivity index (χ3v) is 4.32. The molecule has 0 aliphatic rings. The van der Waals surface area contributed by atoms with E-state index < -0.39 is 0 Å². The maximum Gasteiger partial charge on any atom is 0.255 e. The van der Waals surface area contributed by atoms with Crippen LogP contribution in [-0.2, 0) is 0 Å². The van der Waals surface area contributed by atoms with E-state index in [2.05, 4.69) is 27.9 Å². The molecule has 0 aromatic heterocycles. The first-order valence-corrected chi connectivity index (χ1v) is 9.24. The average molecular weight is 471 g/mol. The Morgan fingerprint density at radius 1 is 1.00 bits per heavy atom. The number of ether oxygens (including phenoxy) is 4. The number of carbonyl (C=O) groups is 1. The molecule has 0 spiro atoms. The minimum Gasteiger partial charge on any atom is -0.497 e. The predicted molar refractivity (Wildman–Crippen MR) is 109 cm³/mol. The van der Waals surface area contributed by atoms with E-state index in [0.717, 1.165) is 3.57 Å². The first-order valence-electron chi connectivity index (χ1n) is 8.16. The highest BCUT2D eigenvalue weighted by Crippen LogP contribution is 2.35. The first-order chi connectivity index (χ1) is 12.5. The van der Waals surface area contributed by atoms with Crippen molar-refractivity contribution in [3.8, 4) is 23.0 Å². The van der Waals surface area contributed by atoms with Crippen LogP contribution in [0.4, 0.5) is 5.69 Å². The van der Waals surface area contributed by atoms with Crippen LogP contribution in [0.1, 0.15) is 24.2 Å². The number of halogens is 1. The lowest BCUT2D eigenvalue weighted by Crippen LogP contribution is -2.14. The molecule has 2 aromatic carbocycles. The molecule has 6 nitrogen and oxygen atoms in total. The Morgan fingerprint density at radius 3 is 2.35 bits per heavy atom. The second kappa shape index (κ2) is 9.51. The number of hydrogen-bond donors (Lipinski definition) is 1. The summed E-state index contributed by atoms with van der Waals surface area (Å²) in [6, 6.07) is 8.65. The van der Waals surface area contributed by atoms with Gasteiger partial charge in [0.1, 0.15) is 11.5 Å². The summed E-state index contributed by atoms with van der Waals surface area (Å²) in [5.74, 6) is 2.09. The van der Waals surface area contributed by atoms with Gasteiger partial charge in [-0.05, 0) is 60.7 Å². The first kappa shape index (κ1) is 20.2. The van der Waals surface area contributed by atoms with Crippen LogP contribution in [-0.4, -0.2) is 33.3 Å². The number of benzene rings is 2. The zero-order valence-electron chi connectivity index (χ0n) is 15.2. The number of nitrogens with one attached hydrogen (secondary N) is 1.